The van der Waals surface area contributed by atoms with Crippen LogP contribution in [0.15, 0.2) is 18.2 Å². The molecule has 0 aromatic heterocycles. The van der Waals surface area contributed by atoms with Gasteiger partial charge in [-0.2, -0.15) is 0 Å². The van der Waals surface area contributed by atoms with Gasteiger partial charge in [0, 0.05) is 23.7 Å². The fourth-order valence-electron chi connectivity index (χ4n) is 2.32. The molecule has 0 spiro atoms. The molecule has 0 fully saturated rings. The lowest BCUT2D eigenvalue weighted by atomic mass is 10.0. The Hall–Kier alpha value is -1.84. The lowest BCUT2D eigenvalue weighted by molar-refractivity contribution is -0.143. The molecule has 2 rings (SSSR count). The first-order valence-corrected chi connectivity index (χ1v) is 6.68. The summed E-state index contributed by atoms with van der Waals surface area (Å²) in [6, 6.07) is 6.10. The zero-order chi connectivity index (χ0) is 13.8. The average Bonchev–Trinajstić information content (AvgIpc) is 2.75. The molecule has 1 aromatic rings. The van der Waals surface area contributed by atoms with E-state index in [1.165, 1.54) is 5.56 Å². The Morgan fingerprint density at radius 1 is 1.37 bits per heavy atom. The van der Waals surface area contributed by atoms with Crippen molar-refractivity contribution in [2.45, 2.75) is 39.2 Å². The second kappa shape index (κ2) is 5.87. The Kier molecular flexibility index (Phi) is 4.20. The number of fused-ring (bicyclic) bond motifs is 1. The van der Waals surface area contributed by atoms with E-state index >= 15 is 0 Å². The Bertz CT molecular complexity index is 496. The fraction of sp³-hybridized carbons (Fsp3) is 0.467. The van der Waals surface area contributed by atoms with Gasteiger partial charge in [0.25, 0.3) is 0 Å². The van der Waals surface area contributed by atoms with Crippen molar-refractivity contribution >= 4 is 17.4 Å². The number of hydrogen-bond donors (Lipinski definition) is 1. The molecule has 4 heteroatoms. The molecule has 0 unspecified atom stereocenters. The van der Waals surface area contributed by atoms with Crippen molar-refractivity contribution in [2.75, 3.05) is 11.9 Å². The first-order valence-electron chi connectivity index (χ1n) is 6.68. The van der Waals surface area contributed by atoms with Gasteiger partial charge >= 0.3 is 5.97 Å². The van der Waals surface area contributed by atoms with Crippen LogP contribution in [-0.2, 0) is 16.0 Å². The summed E-state index contributed by atoms with van der Waals surface area (Å²) in [4.78, 5) is 23.2. The standard InChI is InChI=1S/C15H19NO3/c1-3-19-15(18)7-6-14(17)11-4-5-13-12(9-11)8-10(2)16-13/h4-5,9-10,16H,3,6-8H2,1-2H3/t10-/m1/s1. The molecule has 1 atom stereocenters. The number of benzene rings is 1. The van der Waals surface area contributed by atoms with Crippen LogP contribution in [0.25, 0.3) is 0 Å². The number of nitrogens with one attached hydrogen (secondary N) is 1. The molecular weight excluding hydrogens is 242 g/mol. The minimum absolute atomic E-state index is 0.00425. The molecule has 102 valence electrons. The summed E-state index contributed by atoms with van der Waals surface area (Å²) in [5, 5.41) is 3.35. The Balaban J connectivity index is 1.97. The van der Waals surface area contributed by atoms with Crippen LogP contribution in [0.2, 0.25) is 0 Å². The van der Waals surface area contributed by atoms with Gasteiger partial charge in [-0.05, 0) is 44.0 Å². The van der Waals surface area contributed by atoms with Gasteiger partial charge in [-0.3, -0.25) is 9.59 Å². The van der Waals surface area contributed by atoms with Crippen molar-refractivity contribution in [3.63, 3.8) is 0 Å². The van der Waals surface area contributed by atoms with Crippen molar-refractivity contribution < 1.29 is 14.3 Å². The third-order valence-electron chi connectivity index (χ3n) is 3.22. The minimum atomic E-state index is -0.313. The Morgan fingerprint density at radius 2 is 2.16 bits per heavy atom. The smallest absolute Gasteiger partial charge is 0.306 e. The predicted molar refractivity (Wildman–Crippen MR) is 73.4 cm³/mol. The van der Waals surface area contributed by atoms with E-state index in [9.17, 15) is 9.59 Å². The molecule has 0 bridgehead atoms. The summed E-state index contributed by atoms with van der Waals surface area (Å²) in [7, 11) is 0. The second-order valence-corrected chi connectivity index (χ2v) is 4.85. The SMILES string of the molecule is CCOC(=O)CCC(=O)c1ccc2c(c1)C[C@@H](C)N2. The number of Topliss-reactive ketones (excluding diaryl/α,β-unsaturated/α-hetero) is 1. The number of anilines is 1. The molecular formula is C15H19NO3. The third-order valence-corrected chi connectivity index (χ3v) is 3.22. The van der Waals surface area contributed by atoms with Crippen LogP contribution in [0.3, 0.4) is 0 Å². The van der Waals surface area contributed by atoms with Crippen molar-refractivity contribution in [3.05, 3.63) is 29.3 Å². The summed E-state index contributed by atoms with van der Waals surface area (Å²) >= 11 is 0. The van der Waals surface area contributed by atoms with E-state index in [1.54, 1.807) is 6.92 Å². The van der Waals surface area contributed by atoms with Crippen molar-refractivity contribution in [3.8, 4) is 0 Å². The third kappa shape index (κ3) is 3.34. The summed E-state index contributed by atoms with van der Waals surface area (Å²) in [6.45, 7) is 4.23. The number of rotatable bonds is 5. The number of ether oxygens (including phenoxy) is 1. The molecule has 0 saturated heterocycles. The van der Waals surface area contributed by atoms with Gasteiger partial charge in [0.05, 0.1) is 13.0 Å². The summed E-state index contributed by atoms with van der Waals surface area (Å²) < 4.78 is 4.82. The van der Waals surface area contributed by atoms with Crippen LogP contribution in [0.1, 0.15) is 42.6 Å². The van der Waals surface area contributed by atoms with Crippen molar-refractivity contribution in [1.82, 2.24) is 0 Å². The average molecular weight is 261 g/mol. The van der Waals surface area contributed by atoms with Crippen LogP contribution < -0.4 is 5.32 Å². The number of hydrogen-bond acceptors (Lipinski definition) is 4. The quantitative estimate of drug-likeness (QED) is 0.654. The topological polar surface area (TPSA) is 55.4 Å². The maximum Gasteiger partial charge on any atom is 0.306 e. The van der Waals surface area contributed by atoms with Crippen molar-refractivity contribution in [2.24, 2.45) is 0 Å². The van der Waals surface area contributed by atoms with Gasteiger partial charge in [0.2, 0.25) is 0 Å². The van der Waals surface area contributed by atoms with Gasteiger partial charge < -0.3 is 10.1 Å². The monoisotopic (exact) mass is 261 g/mol. The normalized spacial score (nSPS) is 16.6. The van der Waals surface area contributed by atoms with Gasteiger partial charge in [-0.25, -0.2) is 0 Å². The highest BCUT2D eigenvalue weighted by Gasteiger charge is 2.18. The van der Waals surface area contributed by atoms with E-state index in [0.29, 0.717) is 18.2 Å². The number of ketones is 1. The van der Waals surface area contributed by atoms with Gasteiger partial charge in [-0.1, -0.05) is 0 Å². The van der Waals surface area contributed by atoms with E-state index in [2.05, 4.69) is 12.2 Å². The minimum Gasteiger partial charge on any atom is -0.466 e. The molecule has 0 aliphatic carbocycles. The predicted octanol–water partition coefficient (Wildman–Crippen LogP) is 2.57. The first-order chi connectivity index (χ1) is 9.10. The summed E-state index contributed by atoms with van der Waals surface area (Å²) in [6.07, 6.45) is 1.30. The molecule has 4 nitrogen and oxygen atoms in total. The van der Waals surface area contributed by atoms with Crippen molar-refractivity contribution in [1.29, 1.82) is 0 Å². The molecule has 1 N–H and O–H groups in total. The molecule has 1 aliphatic heterocycles. The number of carbonyl (C=O) groups excluding carboxylic acids is 2. The number of esters is 1. The Labute approximate surface area is 113 Å². The Morgan fingerprint density at radius 3 is 2.89 bits per heavy atom. The highest BCUT2D eigenvalue weighted by molar-refractivity contribution is 5.98. The maximum absolute atomic E-state index is 12.0. The molecule has 0 radical (unpaired) electrons. The van der Waals surface area contributed by atoms with Gasteiger partial charge in [-0.15, -0.1) is 0 Å². The van der Waals surface area contributed by atoms with Crippen LogP contribution in [0, 0.1) is 0 Å². The molecule has 0 amide bonds. The van der Waals surface area contributed by atoms with Crippen LogP contribution >= 0.6 is 0 Å². The molecule has 0 saturated carbocycles. The van der Waals surface area contributed by atoms with E-state index in [0.717, 1.165) is 12.1 Å². The zero-order valence-corrected chi connectivity index (χ0v) is 11.4. The highest BCUT2D eigenvalue weighted by atomic mass is 16.5. The lowest BCUT2D eigenvalue weighted by Crippen LogP contribution is -2.08. The largest absolute Gasteiger partial charge is 0.466 e. The van der Waals surface area contributed by atoms with Crippen LogP contribution in [0.5, 0.6) is 0 Å². The number of carbonyl (C=O) groups is 2. The molecule has 19 heavy (non-hydrogen) atoms. The fourth-order valence-corrected chi connectivity index (χ4v) is 2.32. The summed E-state index contributed by atoms with van der Waals surface area (Å²) in [5.74, 6) is -0.317. The first kappa shape index (κ1) is 13.6. The zero-order valence-electron chi connectivity index (χ0n) is 11.4. The summed E-state index contributed by atoms with van der Waals surface area (Å²) in [5.41, 5.74) is 2.96. The van der Waals surface area contributed by atoms with Crippen LogP contribution in [-0.4, -0.2) is 24.4 Å². The van der Waals surface area contributed by atoms with Gasteiger partial charge in [0.15, 0.2) is 5.78 Å². The van der Waals surface area contributed by atoms with Gasteiger partial charge in [0.1, 0.15) is 0 Å². The second-order valence-electron chi connectivity index (χ2n) is 4.85. The maximum atomic E-state index is 12.0. The highest BCUT2D eigenvalue weighted by Crippen LogP contribution is 2.27. The van der Waals surface area contributed by atoms with Crippen LogP contribution in [0.4, 0.5) is 5.69 Å². The van der Waals surface area contributed by atoms with E-state index < -0.39 is 0 Å². The van der Waals surface area contributed by atoms with E-state index in [1.807, 2.05) is 18.2 Å². The molecule has 1 heterocycles. The van der Waals surface area contributed by atoms with E-state index in [-0.39, 0.29) is 24.6 Å². The van der Waals surface area contributed by atoms with E-state index in [4.69, 9.17) is 4.74 Å². The molecule has 1 aliphatic rings. The molecule has 1 aromatic carbocycles. The lowest BCUT2D eigenvalue weighted by Gasteiger charge is -2.04.